The van der Waals surface area contributed by atoms with Crippen LogP contribution in [-0.4, -0.2) is 36.1 Å². The summed E-state index contributed by atoms with van der Waals surface area (Å²) in [6.45, 7) is 3.31. The van der Waals surface area contributed by atoms with Gasteiger partial charge in [0.1, 0.15) is 5.75 Å². The number of carbonyl (C=O) groups is 1. The van der Waals surface area contributed by atoms with Gasteiger partial charge >= 0.3 is 0 Å². The minimum Gasteiger partial charge on any atom is -0.497 e. The number of hydrogen-bond donors (Lipinski definition) is 1. The largest absolute Gasteiger partial charge is 0.497 e. The van der Waals surface area contributed by atoms with Crippen molar-refractivity contribution in [3.63, 3.8) is 0 Å². The zero-order valence-corrected chi connectivity index (χ0v) is 17.0. The van der Waals surface area contributed by atoms with Gasteiger partial charge < -0.3 is 15.0 Å². The third kappa shape index (κ3) is 3.27. The second-order valence-corrected chi connectivity index (χ2v) is 8.26. The molecule has 1 aliphatic rings. The van der Waals surface area contributed by atoms with Crippen LogP contribution in [0, 0.1) is 12.8 Å². The number of fused-ring (bicyclic) bond motifs is 2. The molecule has 4 aromatic rings. The molecule has 6 nitrogen and oxygen atoms in total. The lowest BCUT2D eigenvalue weighted by molar-refractivity contribution is -0.120. The van der Waals surface area contributed by atoms with Gasteiger partial charge in [-0.25, -0.2) is 4.98 Å². The molecule has 5 rings (SSSR count). The third-order valence-corrected chi connectivity index (χ3v) is 6.32. The summed E-state index contributed by atoms with van der Waals surface area (Å²) >= 11 is 1.63. The summed E-state index contributed by atoms with van der Waals surface area (Å²) in [7, 11) is 1.66. The van der Waals surface area contributed by atoms with Crippen LogP contribution in [0.2, 0.25) is 0 Å². The molecule has 3 heterocycles. The molecule has 2 aromatic carbocycles. The van der Waals surface area contributed by atoms with Crippen molar-refractivity contribution >= 4 is 49.2 Å². The van der Waals surface area contributed by atoms with Gasteiger partial charge in [0.25, 0.3) is 0 Å². The van der Waals surface area contributed by atoms with E-state index in [4.69, 9.17) is 4.74 Å². The molecule has 0 saturated carbocycles. The van der Waals surface area contributed by atoms with E-state index in [0.717, 1.165) is 43.4 Å². The summed E-state index contributed by atoms with van der Waals surface area (Å²) in [6, 6.07) is 15.7. The van der Waals surface area contributed by atoms with Gasteiger partial charge in [0, 0.05) is 24.2 Å². The van der Waals surface area contributed by atoms with Gasteiger partial charge in [-0.05, 0) is 49.4 Å². The average molecular weight is 404 g/mol. The first-order valence-corrected chi connectivity index (χ1v) is 10.3. The summed E-state index contributed by atoms with van der Waals surface area (Å²) in [5.41, 5.74) is 3.62. The summed E-state index contributed by atoms with van der Waals surface area (Å²) in [5, 5.41) is 4.99. The van der Waals surface area contributed by atoms with E-state index in [1.807, 2.05) is 55.5 Å². The fourth-order valence-corrected chi connectivity index (χ4v) is 4.57. The van der Waals surface area contributed by atoms with Crippen molar-refractivity contribution in [1.82, 2.24) is 9.97 Å². The van der Waals surface area contributed by atoms with Crippen LogP contribution in [0.15, 0.2) is 48.5 Å². The van der Waals surface area contributed by atoms with Gasteiger partial charge in [0.05, 0.1) is 34.4 Å². The number of methoxy groups -OCH3 is 1. The average Bonchev–Trinajstić information content (AvgIpc) is 3.09. The Morgan fingerprint density at radius 1 is 1.14 bits per heavy atom. The van der Waals surface area contributed by atoms with E-state index in [9.17, 15) is 4.79 Å². The molecule has 146 valence electrons. The first-order chi connectivity index (χ1) is 14.1. The Kier molecular flexibility index (Phi) is 4.32. The first kappa shape index (κ1) is 17.9. The van der Waals surface area contributed by atoms with Crippen LogP contribution in [0.5, 0.6) is 5.75 Å². The van der Waals surface area contributed by atoms with Gasteiger partial charge in [-0.2, -0.15) is 0 Å². The van der Waals surface area contributed by atoms with Crippen LogP contribution in [-0.2, 0) is 4.79 Å². The van der Waals surface area contributed by atoms with E-state index in [1.54, 1.807) is 18.4 Å². The molecule has 0 unspecified atom stereocenters. The number of nitrogens with one attached hydrogen (secondary N) is 1. The summed E-state index contributed by atoms with van der Waals surface area (Å²) in [4.78, 5) is 24.1. The van der Waals surface area contributed by atoms with Gasteiger partial charge in [-0.15, -0.1) is 0 Å². The Morgan fingerprint density at radius 2 is 2.00 bits per heavy atom. The highest BCUT2D eigenvalue weighted by Crippen LogP contribution is 2.35. The molecule has 2 aromatic heterocycles. The Morgan fingerprint density at radius 3 is 2.83 bits per heavy atom. The molecule has 7 heteroatoms. The predicted molar refractivity (Wildman–Crippen MR) is 117 cm³/mol. The number of pyridine rings is 1. The number of nitrogens with zero attached hydrogens (tertiary/aromatic N) is 3. The van der Waals surface area contributed by atoms with Crippen LogP contribution >= 0.6 is 11.3 Å². The highest BCUT2D eigenvalue weighted by molar-refractivity contribution is 7.22. The van der Waals surface area contributed by atoms with Crippen molar-refractivity contribution in [3.8, 4) is 5.75 Å². The second kappa shape index (κ2) is 7.00. The minimum atomic E-state index is -0.0507. The second-order valence-electron chi connectivity index (χ2n) is 7.25. The number of rotatable bonds is 4. The lowest BCUT2D eigenvalue weighted by Crippen LogP contribution is -2.52. The smallest absolute Gasteiger partial charge is 0.231 e. The predicted octanol–water partition coefficient (Wildman–Crippen LogP) is 4.24. The molecule has 0 aliphatic carbocycles. The van der Waals surface area contributed by atoms with E-state index < -0.39 is 0 Å². The number of anilines is 2. The number of ether oxygens (including phenoxy) is 1. The summed E-state index contributed by atoms with van der Waals surface area (Å²) in [5.74, 6) is 0.815. The molecule has 1 aliphatic heterocycles. The summed E-state index contributed by atoms with van der Waals surface area (Å²) < 4.78 is 6.37. The molecule has 0 bridgehead atoms. The van der Waals surface area contributed by atoms with E-state index in [-0.39, 0.29) is 11.8 Å². The third-order valence-electron chi connectivity index (χ3n) is 5.24. The Bertz CT molecular complexity index is 1230. The molecular formula is C22H20N4O2S. The number of aromatic nitrogens is 2. The molecule has 1 amide bonds. The quantitative estimate of drug-likeness (QED) is 0.551. The van der Waals surface area contributed by atoms with Crippen LogP contribution in [0.1, 0.15) is 5.69 Å². The SMILES string of the molecule is COc1ccc2nc(N3CC(C(=O)Nc4cccc5nc(C)ccc45)C3)sc2c1. The molecule has 0 radical (unpaired) electrons. The maximum atomic E-state index is 12.7. The lowest BCUT2D eigenvalue weighted by atomic mass is 9.99. The number of amides is 1. The molecule has 1 saturated heterocycles. The van der Waals surface area contributed by atoms with Gasteiger partial charge in [0.15, 0.2) is 5.13 Å². The van der Waals surface area contributed by atoms with Crippen LogP contribution in [0.3, 0.4) is 0 Å². The normalized spacial score (nSPS) is 14.2. The zero-order chi connectivity index (χ0) is 20.0. The van der Waals surface area contributed by atoms with E-state index >= 15 is 0 Å². The van der Waals surface area contributed by atoms with Crippen LogP contribution < -0.4 is 15.0 Å². The summed E-state index contributed by atoms with van der Waals surface area (Å²) in [6.07, 6.45) is 0. The van der Waals surface area contributed by atoms with Gasteiger partial charge in [0.2, 0.25) is 5.91 Å². The standard InChI is InChI=1S/C22H20N4O2S/c1-13-6-8-16-17(23-13)4-3-5-18(16)24-21(27)14-11-26(12-14)22-25-19-9-7-15(28-2)10-20(19)29-22/h3-10,14H,11-12H2,1-2H3,(H,24,27). The van der Waals surface area contributed by atoms with E-state index in [2.05, 4.69) is 20.2 Å². The first-order valence-electron chi connectivity index (χ1n) is 9.47. The maximum absolute atomic E-state index is 12.7. The van der Waals surface area contributed by atoms with Crippen LogP contribution in [0.4, 0.5) is 10.8 Å². The number of benzene rings is 2. The topological polar surface area (TPSA) is 67.3 Å². The van der Waals surface area contributed by atoms with Crippen molar-refractivity contribution in [1.29, 1.82) is 0 Å². The van der Waals surface area contributed by atoms with Crippen LogP contribution in [0.25, 0.3) is 21.1 Å². The number of thiazole rings is 1. The van der Waals surface area contributed by atoms with Crippen molar-refractivity contribution in [2.45, 2.75) is 6.92 Å². The Hall–Kier alpha value is -3.19. The fraction of sp³-hybridized carbons (Fsp3) is 0.227. The Balaban J connectivity index is 1.28. The molecule has 1 fully saturated rings. The van der Waals surface area contributed by atoms with Crippen molar-refractivity contribution in [3.05, 3.63) is 54.2 Å². The number of hydrogen-bond acceptors (Lipinski definition) is 6. The number of aryl methyl sites for hydroxylation is 1. The van der Waals surface area contributed by atoms with Crippen molar-refractivity contribution < 1.29 is 9.53 Å². The maximum Gasteiger partial charge on any atom is 0.231 e. The molecule has 0 atom stereocenters. The van der Waals surface area contributed by atoms with Gasteiger partial charge in [-0.1, -0.05) is 17.4 Å². The van der Waals surface area contributed by atoms with E-state index in [0.29, 0.717) is 13.1 Å². The minimum absolute atomic E-state index is 0.0390. The lowest BCUT2D eigenvalue weighted by Gasteiger charge is -2.38. The molecular weight excluding hydrogens is 384 g/mol. The molecule has 1 N–H and O–H groups in total. The van der Waals surface area contributed by atoms with Gasteiger partial charge in [-0.3, -0.25) is 9.78 Å². The van der Waals surface area contributed by atoms with E-state index in [1.165, 1.54) is 0 Å². The van der Waals surface area contributed by atoms with Crippen molar-refractivity contribution in [2.75, 3.05) is 30.4 Å². The molecule has 29 heavy (non-hydrogen) atoms. The highest BCUT2D eigenvalue weighted by Gasteiger charge is 2.34. The van der Waals surface area contributed by atoms with Crippen molar-refractivity contribution in [2.24, 2.45) is 5.92 Å². The number of carbonyl (C=O) groups excluding carboxylic acids is 1. The monoisotopic (exact) mass is 404 g/mol. The zero-order valence-electron chi connectivity index (χ0n) is 16.2. The molecule has 0 spiro atoms. The fourth-order valence-electron chi connectivity index (χ4n) is 3.56. The highest BCUT2D eigenvalue weighted by atomic mass is 32.1. The Labute approximate surface area is 172 Å².